The second kappa shape index (κ2) is 41.2. The number of carbonyl (C=O) groups excluding carboxylic acids is 5. The number of nitrogens with one attached hydrogen (secondary N) is 2. The van der Waals surface area contributed by atoms with Crippen molar-refractivity contribution in [1.82, 2.24) is 5.32 Å². The fraction of sp³-hybridized carbons (Fsp3) is 0.527. The lowest BCUT2D eigenvalue weighted by Crippen LogP contribution is -2.60. The lowest BCUT2D eigenvalue weighted by Gasteiger charge is -2.40. The van der Waals surface area contributed by atoms with Crippen LogP contribution in [0.3, 0.4) is 0 Å². The SMILES string of the molecule is CC[C@H]1OC(Oc2cc3c(c4ccccc24)[C@H](CCl)CN3C(=O)/C=C/c2ccc(/C=C/C(=O)N3C[C@@H](CCl)c4c3cc(O[C@@H]3O[C@H](CO)[C@@H](O)[C@H](O)[C@H]3O)c3ccccc43)c(NC(=O)CCOCCOCCOCCOCCOCCOCCOCCNC(=O)CCCCC=O)c2)[C@H](O)[C@@H](O)[C@@H]1O. The van der Waals surface area contributed by atoms with Crippen LogP contribution in [0.4, 0.5) is 17.1 Å². The third kappa shape index (κ3) is 21.7. The van der Waals surface area contributed by atoms with Gasteiger partial charge in [0.1, 0.15) is 60.5 Å². The zero-order valence-corrected chi connectivity index (χ0v) is 59.0. The first-order valence-corrected chi connectivity index (χ1v) is 35.9. The Labute approximate surface area is 607 Å². The standard InChI is InChI=1S/C74H94Cl2N4O23/c1-2-57-67(87)69(89)71(91)73(100-57)101-58-39-55-65(52-12-7-5-10-50(52)58)48(41-75)43-79(55)63(85)19-16-46-15-17-47(18-20-64(86)80-44-49(42-76)66-53-13-8-6-11-51(53)59(40-56(66)80)102-74-72(92)70(90)68(88)60(45-82)103-74)54(38-46)78-62(84)21-24-93-26-28-95-30-32-97-34-36-99-37-35-98-33-31-96-29-27-94-25-22-77-61(83)14-4-3-9-23-81/h5-8,10-13,15-20,23,38-40,48-49,57,60,67-74,82,87-92H,2-4,9,14,21-22,24-37,41-45H2,1H3,(H,77,83)(H,78,84)/b19-16+,20-18+/t48-,49-,57-,60-,67-,68-,69+,70+,71-,72-,73?,74-/m1/s1. The normalized spacial score (nSPS) is 23.2. The monoisotopic (exact) mass is 1480 g/mol. The molecule has 4 aliphatic heterocycles. The van der Waals surface area contributed by atoms with Crippen LogP contribution in [0.1, 0.15) is 79.5 Å². The number of halogens is 2. The second-order valence-corrected chi connectivity index (χ2v) is 25.6. The number of hydrogen-bond donors (Lipinski definition) is 9. The van der Waals surface area contributed by atoms with Crippen molar-refractivity contribution in [2.75, 3.05) is 146 Å². The summed E-state index contributed by atoms with van der Waals surface area (Å²) in [5, 5.41) is 82.6. The van der Waals surface area contributed by atoms with Gasteiger partial charge in [0.2, 0.25) is 24.4 Å². The first-order valence-electron chi connectivity index (χ1n) is 34.8. The largest absolute Gasteiger partial charge is 0.461 e. The molecule has 0 aliphatic carbocycles. The predicted octanol–water partition coefficient (Wildman–Crippen LogP) is 4.85. The van der Waals surface area contributed by atoms with E-state index in [1.807, 2.05) is 36.4 Å². The highest BCUT2D eigenvalue weighted by atomic mass is 35.5. The summed E-state index contributed by atoms with van der Waals surface area (Å²) in [5.74, 6) is -1.21. The van der Waals surface area contributed by atoms with E-state index in [2.05, 4.69) is 10.6 Å². The number of carbonyl (C=O) groups is 5. The number of anilines is 3. The Kier molecular flexibility index (Phi) is 32.1. The summed E-state index contributed by atoms with van der Waals surface area (Å²) in [5.41, 5.74) is 3.75. The number of aliphatic hydroxyl groups excluding tert-OH is 7. The van der Waals surface area contributed by atoms with Gasteiger partial charge in [0, 0.05) is 96.8 Å². The molecule has 9 N–H and O–H groups in total. The highest BCUT2D eigenvalue weighted by Gasteiger charge is 2.47. The molecule has 9 rings (SSSR count). The fourth-order valence-corrected chi connectivity index (χ4v) is 13.1. The third-order valence-corrected chi connectivity index (χ3v) is 18.7. The maximum atomic E-state index is 14.6. The lowest BCUT2D eigenvalue weighted by atomic mass is 9.95. The molecule has 2 fully saturated rings. The number of alkyl halides is 2. The van der Waals surface area contributed by atoms with Crippen molar-refractivity contribution in [3.05, 3.63) is 113 Å². The van der Waals surface area contributed by atoms with Crippen molar-refractivity contribution in [2.24, 2.45) is 0 Å². The van der Waals surface area contributed by atoms with E-state index in [1.54, 1.807) is 66.4 Å². The summed E-state index contributed by atoms with van der Waals surface area (Å²) >= 11 is 13.2. The smallest absolute Gasteiger partial charge is 0.251 e. The van der Waals surface area contributed by atoms with Gasteiger partial charge in [0.15, 0.2) is 0 Å². The van der Waals surface area contributed by atoms with E-state index in [4.69, 9.17) is 75.3 Å². The summed E-state index contributed by atoms with van der Waals surface area (Å²) in [7, 11) is 0. The van der Waals surface area contributed by atoms with Gasteiger partial charge in [-0.3, -0.25) is 19.2 Å². The van der Waals surface area contributed by atoms with Crippen LogP contribution in [0, 0.1) is 0 Å². The average molecular weight is 1480 g/mol. The first kappa shape index (κ1) is 80.3. The zero-order chi connectivity index (χ0) is 73.2. The van der Waals surface area contributed by atoms with Gasteiger partial charge in [-0.2, -0.15) is 0 Å². The topological polar surface area (TPSA) is 359 Å². The molecule has 0 aromatic heterocycles. The molecular formula is C74H94Cl2N4O23. The van der Waals surface area contributed by atoms with E-state index >= 15 is 0 Å². The summed E-state index contributed by atoms with van der Waals surface area (Å²) in [6.45, 7) is 6.47. The Bertz CT molecular complexity index is 3640. The number of hydrogen-bond acceptors (Lipinski definition) is 23. The molecule has 27 nitrogen and oxygen atoms in total. The number of aldehydes is 1. The Morgan fingerprint density at radius 2 is 0.990 bits per heavy atom. The van der Waals surface area contributed by atoms with Gasteiger partial charge < -0.3 is 113 Å². The van der Waals surface area contributed by atoms with Crippen LogP contribution < -0.4 is 29.9 Å². The number of benzene rings is 5. The lowest BCUT2D eigenvalue weighted by molar-refractivity contribution is -0.277. The Morgan fingerprint density at radius 3 is 1.47 bits per heavy atom. The van der Waals surface area contributed by atoms with Crippen LogP contribution >= 0.6 is 23.2 Å². The fourth-order valence-electron chi connectivity index (χ4n) is 12.6. The van der Waals surface area contributed by atoms with E-state index in [0.29, 0.717) is 156 Å². The van der Waals surface area contributed by atoms with Gasteiger partial charge >= 0.3 is 0 Å². The Hall–Kier alpha value is -6.81. The molecule has 562 valence electrons. The number of fused-ring (bicyclic) bond motifs is 6. The minimum Gasteiger partial charge on any atom is -0.461 e. The van der Waals surface area contributed by atoms with E-state index < -0.39 is 85.7 Å². The van der Waals surface area contributed by atoms with E-state index in [9.17, 15) is 59.7 Å². The molecule has 0 radical (unpaired) electrons. The van der Waals surface area contributed by atoms with Gasteiger partial charge in [0.25, 0.3) is 11.8 Å². The molecule has 4 amide bonds. The minimum absolute atomic E-state index is 0.0385. The molecule has 0 bridgehead atoms. The molecular weight excluding hydrogens is 1380 g/mol. The molecule has 0 spiro atoms. The second-order valence-electron chi connectivity index (χ2n) is 25.0. The van der Waals surface area contributed by atoms with Crippen LogP contribution in [0.2, 0.25) is 0 Å². The number of ether oxygens (including phenoxy) is 11. The van der Waals surface area contributed by atoms with Crippen molar-refractivity contribution < 1.29 is 112 Å². The number of amides is 4. The van der Waals surface area contributed by atoms with Gasteiger partial charge in [-0.1, -0.05) is 67.6 Å². The van der Waals surface area contributed by atoms with Crippen molar-refractivity contribution in [3.63, 3.8) is 0 Å². The van der Waals surface area contributed by atoms with E-state index in [1.165, 1.54) is 17.1 Å². The first-order chi connectivity index (χ1) is 50.1. The van der Waals surface area contributed by atoms with Crippen LogP contribution in [0.25, 0.3) is 33.7 Å². The van der Waals surface area contributed by atoms with Crippen LogP contribution in [0.15, 0.2) is 91.0 Å². The summed E-state index contributed by atoms with van der Waals surface area (Å²) in [6.07, 6.45) is -5.16. The highest BCUT2D eigenvalue weighted by molar-refractivity contribution is 6.20. The van der Waals surface area contributed by atoms with Crippen molar-refractivity contribution in [2.45, 2.75) is 119 Å². The predicted molar refractivity (Wildman–Crippen MR) is 383 cm³/mol. The summed E-state index contributed by atoms with van der Waals surface area (Å²) < 4.78 is 63.2. The molecule has 103 heavy (non-hydrogen) atoms. The quantitative estimate of drug-likeness (QED) is 0.0109. The molecule has 1 unspecified atom stereocenters. The molecule has 12 atom stereocenters. The number of nitrogens with zero attached hydrogens (tertiary/aromatic N) is 2. The maximum absolute atomic E-state index is 14.6. The molecule has 2 saturated heterocycles. The Balaban J connectivity index is 0.796. The molecule has 29 heteroatoms. The number of unbranched alkanes of at least 4 members (excludes halogenated alkanes) is 2. The summed E-state index contributed by atoms with van der Waals surface area (Å²) in [4.78, 5) is 68.1. The van der Waals surface area contributed by atoms with Gasteiger partial charge in [-0.15, -0.1) is 23.2 Å². The van der Waals surface area contributed by atoms with Gasteiger partial charge in [0.05, 0.1) is 123 Å². The minimum atomic E-state index is -1.71. The highest BCUT2D eigenvalue weighted by Crippen LogP contribution is 2.48. The van der Waals surface area contributed by atoms with E-state index in [-0.39, 0.29) is 80.3 Å². The molecule has 4 heterocycles. The van der Waals surface area contributed by atoms with Crippen molar-refractivity contribution in [1.29, 1.82) is 0 Å². The van der Waals surface area contributed by atoms with E-state index in [0.717, 1.165) is 22.8 Å². The maximum Gasteiger partial charge on any atom is 0.251 e. The van der Waals surface area contributed by atoms with Crippen LogP contribution in [-0.2, 0) is 66.6 Å². The summed E-state index contributed by atoms with van der Waals surface area (Å²) in [6, 6.07) is 23.0. The van der Waals surface area contributed by atoms with Crippen molar-refractivity contribution >= 4 is 104 Å². The average Bonchev–Trinajstić information content (AvgIpc) is 1.64. The van der Waals surface area contributed by atoms with Gasteiger partial charge in [-0.05, 0) is 70.5 Å². The van der Waals surface area contributed by atoms with Crippen LogP contribution in [0.5, 0.6) is 11.5 Å². The zero-order valence-electron chi connectivity index (χ0n) is 57.5. The molecule has 5 aromatic rings. The van der Waals surface area contributed by atoms with Crippen LogP contribution in [-0.4, -0.2) is 258 Å². The Morgan fingerprint density at radius 1 is 0.534 bits per heavy atom. The number of aliphatic hydroxyl groups is 7. The molecule has 5 aromatic carbocycles. The number of rotatable bonds is 42. The van der Waals surface area contributed by atoms with Gasteiger partial charge in [-0.25, -0.2) is 0 Å². The third-order valence-electron chi connectivity index (χ3n) is 18.0. The molecule has 0 saturated carbocycles. The van der Waals surface area contributed by atoms with Crippen molar-refractivity contribution in [3.8, 4) is 11.5 Å². The molecule has 4 aliphatic rings.